The summed E-state index contributed by atoms with van der Waals surface area (Å²) in [6.07, 6.45) is 3.98. The summed E-state index contributed by atoms with van der Waals surface area (Å²) in [4.78, 5) is 0. The number of halogens is 1. The van der Waals surface area contributed by atoms with E-state index in [1.165, 1.54) is 5.56 Å². The number of ether oxygens (including phenoxy) is 1. The largest absolute Gasteiger partial charge is 0.491 e. The fourth-order valence-corrected chi connectivity index (χ4v) is 2.87. The van der Waals surface area contributed by atoms with Crippen LogP contribution in [-0.2, 0) is 12.8 Å². The summed E-state index contributed by atoms with van der Waals surface area (Å²) < 4.78 is 5.95. The van der Waals surface area contributed by atoms with Gasteiger partial charge in [-0.05, 0) is 48.9 Å². The summed E-state index contributed by atoms with van der Waals surface area (Å²) in [7, 11) is 0. The molecule has 0 bridgehead atoms. The van der Waals surface area contributed by atoms with Crippen molar-refractivity contribution in [2.24, 2.45) is 10.2 Å². The molecule has 0 radical (unpaired) electrons. The third-order valence-electron chi connectivity index (χ3n) is 3.88. The van der Waals surface area contributed by atoms with Gasteiger partial charge in [0.1, 0.15) is 11.4 Å². The van der Waals surface area contributed by atoms with Gasteiger partial charge in [0.15, 0.2) is 0 Å². The van der Waals surface area contributed by atoms with Crippen LogP contribution in [0.3, 0.4) is 0 Å². The van der Waals surface area contributed by atoms with Crippen LogP contribution in [0.4, 0.5) is 11.4 Å². The smallest absolute Gasteiger partial charge is 0.147 e. The van der Waals surface area contributed by atoms with Crippen LogP contribution in [0.25, 0.3) is 0 Å². The van der Waals surface area contributed by atoms with Gasteiger partial charge in [-0.25, -0.2) is 0 Å². The normalized spacial score (nSPS) is 11.1. The van der Waals surface area contributed by atoms with E-state index < -0.39 is 0 Å². The molecule has 0 saturated carbocycles. The number of nitrogens with zero attached hydrogens (tertiary/aromatic N) is 2. The molecule has 24 heavy (non-hydrogen) atoms. The van der Waals surface area contributed by atoms with Crippen molar-refractivity contribution >= 4 is 27.3 Å². The summed E-state index contributed by atoms with van der Waals surface area (Å²) in [5.74, 6) is 0.821. The highest BCUT2D eigenvalue weighted by Crippen LogP contribution is 2.34. The molecule has 2 aromatic rings. The number of azo groups is 1. The first-order chi connectivity index (χ1) is 11.8. The van der Waals surface area contributed by atoms with Gasteiger partial charge in [0.2, 0.25) is 0 Å². The van der Waals surface area contributed by atoms with Crippen LogP contribution < -0.4 is 4.74 Å². The first-order valence-corrected chi connectivity index (χ1v) is 9.72. The SMILES string of the molecule is CCc1ccccc1N=Nc1c(CC)cccc1OCCCCBr. The Balaban J connectivity index is 2.25. The molecule has 0 aliphatic rings. The van der Waals surface area contributed by atoms with E-state index in [0.29, 0.717) is 6.61 Å². The minimum absolute atomic E-state index is 0.701. The molecule has 0 atom stereocenters. The van der Waals surface area contributed by atoms with Crippen LogP contribution in [0, 0.1) is 0 Å². The Hall–Kier alpha value is -1.68. The van der Waals surface area contributed by atoms with Crippen molar-refractivity contribution in [3.63, 3.8) is 0 Å². The predicted molar refractivity (Wildman–Crippen MR) is 104 cm³/mol. The van der Waals surface area contributed by atoms with Crippen LogP contribution in [0.1, 0.15) is 37.8 Å². The monoisotopic (exact) mass is 388 g/mol. The van der Waals surface area contributed by atoms with Gasteiger partial charge in [-0.3, -0.25) is 0 Å². The molecule has 128 valence electrons. The highest BCUT2D eigenvalue weighted by atomic mass is 79.9. The fourth-order valence-electron chi connectivity index (χ4n) is 2.47. The van der Waals surface area contributed by atoms with E-state index in [-0.39, 0.29) is 0 Å². The quantitative estimate of drug-likeness (QED) is 0.264. The highest BCUT2D eigenvalue weighted by Gasteiger charge is 2.08. The predicted octanol–water partition coefficient (Wildman–Crippen LogP) is 6.78. The maximum Gasteiger partial charge on any atom is 0.147 e. The topological polar surface area (TPSA) is 34.0 Å². The van der Waals surface area contributed by atoms with Crippen molar-refractivity contribution in [1.29, 1.82) is 0 Å². The molecule has 0 heterocycles. The second-order valence-electron chi connectivity index (χ2n) is 5.54. The second-order valence-corrected chi connectivity index (χ2v) is 6.34. The van der Waals surface area contributed by atoms with Gasteiger partial charge in [0.25, 0.3) is 0 Å². The van der Waals surface area contributed by atoms with Gasteiger partial charge < -0.3 is 4.74 Å². The van der Waals surface area contributed by atoms with Gasteiger partial charge >= 0.3 is 0 Å². The van der Waals surface area contributed by atoms with Crippen LogP contribution >= 0.6 is 15.9 Å². The standard InChI is InChI=1S/C20H25BrN2O/c1-3-16-10-5-6-12-18(16)22-23-20-17(4-2)11-9-13-19(20)24-15-8-7-14-21/h5-6,9-13H,3-4,7-8,14-15H2,1-2H3. The Morgan fingerprint density at radius 1 is 0.875 bits per heavy atom. The number of alkyl halides is 1. The van der Waals surface area contributed by atoms with Gasteiger partial charge in [0.05, 0.1) is 12.3 Å². The van der Waals surface area contributed by atoms with Crippen molar-refractivity contribution in [2.45, 2.75) is 39.5 Å². The molecule has 2 rings (SSSR count). The molecule has 0 aliphatic heterocycles. The lowest BCUT2D eigenvalue weighted by Gasteiger charge is -2.11. The van der Waals surface area contributed by atoms with Crippen molar-refractivity contribution in [3.8, 4) is 5.75 Å². The van der Waals surface area contributed by atoms with Crippen LogP contribution in [0.5, 0.6) is 5.75 Å². The van der Waals surface area contributed by atoms with Gasteiger partial charge in [-0.15, -0.1) is 5.11 Å². The zero-order valence-corrected chi connectivity index (χ0v) is 16.1. The zero-order valence-electron chi connectivity index (χ0n) is 14.5. The third-order valence-corrected chi connectivity index (χ3v) is 4.44. The lowest BCUT2D eigenvalue weighted by Crippen LogP contribution is -1.98. The Morgan fingerprint density at radius 3 is 2.38 bits per heavy atom. The molecule has 0 aromatic heterocycles. The van der Waals surface area contributed by atoms with Crippen molar-refractivity contribution < 1.29 is 4.74 Å². The van der Waals surface area contributed by atoms with E-state index in [2.05, 4.69) is 52.1 Å². The summed E-state index contributed by atoms with van der Waals surface area (Å²) >= 11 is 3.45. The first-order valence-electron chi connectivity index (χ1n) is 8.60. The van der Waals surface area contributed by atoms with Crippen LogP contribution in [0.2, 0.25) is 0 Å². The van der Waals surface area contributed by atoms with E-state index >= 15 is 0 Å². The van der Waals surface area contributed by atoms with Crippen molar-refractivity contribution in [3.05, 3.63) is 53.6 Å². The summed E-state index contributed by atoms with van der Waals surface area (Å²) in [5, 5.41) is 10.0. The Morgan fingerprint density at radius 2 is 1.62 bits per heavy atom. The molecule has 3 nitrogen and oxygen atoms in total. The maximum absolute atomic E-state index is 5.95. The number of rotatable bonds is 9. The summed E-state index contributed by atoms with van der Waals surface area (Å²) in [5.41, 5.74) is 4.14. The second kappa shape index (κ2) is 10.2. The number of hydrogen-bond donors (Lipinski definition) is 0. The third kappa shape index (κ3) is 5.17. The Bertz CT molecular complexity index is 670. The Labute approximate surface area is 153 Å². The number of hydrogen-bond acceptors (Lipinski definition) is 3. The number of unbranched alkanes of at least 4 members (excludes halogenated alkanes) is 1. The average molecular weight is 389 g/mol. The molecular formula is C20H25BrN2O. The average Bonchev–Trinajstić information content (AvgIpc) is 2.64. The van der Waals surface area contributed by atoms with Crippen molar-refractivity contribution in [2.75, 3.05) is 11.9 Å². The molecule has 0 amide bonds. The summed E-state index contributed by atoms with van der Waals surface area (Å²) in [6.45, 7) is 4.96. The van der Waals surface area contributed by atoms with E-state index in [9.17, 15) is 0 Å². The maximum atomic E-state index is 5.95. The molecule has 0 fully saturated rings. The molecule has 2 aromatic carbocycles. The molecule has 0 spiro atoms. The highest BCUT2D eigenvalue weighted by molar-refractivity contribution is 9.09. The van der Waals surface area contributed by atoms with Crippen LogP contribution in [0.15, 0.2) is 52.7 Å². The molecule has 4 heteroatoms. The first kappa shape index (κ1) is 18.7. The number of benzene rings is 2. The molecular weight excluding hydrogens is 364 g/mol. The Kier molecular flexibility index (Phi) is 7.96. The van der Waals surface area contributed by atoms with E-state index in [1.807, 2.05) is 30.3 Å². The van der Waals surface area contributed by atoms with Crippen molar-refractivity contribution in [1.82, 2.24) is 0 Å². The zero-order chi connectivity index (χ0) is 17.2. The molecule has 0 N–H and O–H groups in total. The van der Waals surface area contributed by atoms with E-state index in [0.717, 1.165) is 53.7 Å². The lowest BCUT2D eigenvalue weighted by molar-refractivity contribution is 0.310. The molecule has 0 unspecified atom stereocenters. The van der Waals surface area contributed by atoms with Crippen LogP contribution in [-0.4, -0.2) is 11.9 Å². The molecule has 0 saturated heterocycles. The minimum atomic E-state index is 0.701. The van der Waals surface area contributed by atoms with Gasteiger partial charge in [-0.1, -0.05) is 60.1 Å². The van der Waals surface area contributed by atoms with Gasteiger partial charge in [0, 0.05) is 5.33 Å². The van der Waals surface area contributed by atoms with E-state index in [4.69, 9.17) is 4.74 Å². The van der Waals surface area contributed by atoms with E-state index in [1.54, 1.807) is 0 Å². The molecule has 0 aliphatic carbocycles. The fraction of sp³-hybridized carbons (Fsp3) is 0.400. The minimum Gasteiger partial charge on any atom is -0.491 e. The number of aryl methyl sites for hydroxylation is 2. The summed E-state index contributed by atoms with van der Waals surface area (Å²) in [6, 6.07) is 14.2. The van der Waals surface area contributed by atoms with Gasteiger partial charge in [-0.2, -0.15) is 5.11 Å². The lowest BCUT2D eigenvalue weighted by atomic mass is 10.1.